The van der Waals surface area contributed by atoms with Crippen LogP contribution in [-0.2, 0) is 21.4 Å². The number of halogens is 1. The molecule has 0 saturated carbocycles. The lowest BCUT2D eigenvalue weighted by Crippen LogP contribution is -2.53. The van der Waals surface area contributed by atoms with Crippen molar-refractivity contribution in [1.29, 1.82) is 0 Å². The molecule has 1 aromatic carbocycles. The van der Waals surface area contributed by atoms with Gasteiger partial charge in [0, 0.05) is 30.7 Å². The number of piperidine rings is 1. The molecule has 0 radical (unpaired) electrons. The summed E-state index contributed by atoms with van der Waals surface area (Å²) in [7, 11) is -3.35. The number of hydrogen-bond acceptors (Lipinski definition) is 4. The Labute approximate surface area is 166 Å². The fourth-order valence-corrected chi connectivity index (χ4v) is 4.73. The molecule has 0 aliphatic carbocycles. The lowest BCUT2D eigenvalue weighted by Gasteiger charge is -2.43. The van der Waals surface area contributed by atoms with Gasteiger partial charge in [-0.25, -0.2) is 13.1 Å². The molecule has 2 atom stereocenters. The van der Waals surface area contributed by atoms with Crippen molar-refractivity contribution >= 4 is 27.5 Å². The van der Waals surface area contributed by atoms with Crippen LogP contribution in [0.5, 0.6) is 0 Å². The van der Waals surface area contributed by atoms with Gasteiger partial charge in [-0.05, 0) is 49.4 Å². The Bertz CT molecular complexity index is 754. The maximum Gasteiger partial charge on any atom is 0.237 e. The van der Waals surface area contributed by atoms with Crippen molar-refractivity contribution < 1.29 is 13.2 Å². The molecular weight excluding hydrogens is 386 g/mol. The summed E-state index contributed by atoms with van der Waals surface area (Å²) in [5.74, 6) is 0.308. The molecule has 6 nitrogen and oxygen atoms in total. The number of carbonyl (C=O) groups excluding carboxylic acids is 1. The van der Waals surface area contributed by atoms with Gasteiger partial charge in [0.05, 0.1) is 12.8 Å². The molecule has 27 heavy (non-hydrogen) atoms. The molecule has 0 bridgehead atoms. The van der Waals surface area contributed by atoms with Gasteiger partial charge >= 0.3 is 0 Å². The van der Waals surface area contributed by atoms with Crippen molar-refractivity contribution in [1.82, 2.24) is 14.5 Å². The molecule has 1 aromatic rings. The van der Waals surface area contributed by atoms with Gasteiger partial charge in [-0.3, -0.25) is 9.69 Å². The number of nitrogens with one attached hydrogen (secondary N) is 1. The van der Waals surface area contributed by atoms with Crippen LogP contribution in [0, 0.1) is 5.92 Å². The fourth-order valence-electron chi connectivity index (χ4n) is 4.22. The number of benzene rings is 1. The number of carbonyl (C=O) groups is 1. The van der Waals surface area contributed by atoms with Crippen LogP contribution < -0.4 is 4.72 Å². The van der Waals surface area contributed by atoms with Crippen LogP contribution in [0.2, 0.25) is 5.02 Å². The number of amides is 1. The van der Waals surface area contributed by atoms with Crippen LogP contribution in [0.3, 0.4) is 0 Å². The second-order valence-corrected chi connectivity index (χ2v) is 9.91. The average molecular weight is 414 g/mol. The van der Waals surface area contributed by atoms with Crippen molar-refractivity contribution in [2.75, 3.05) is 32.4 Å². The Morgan fingerprint density at radius 1 is 1.19 bits per heavy atom. The molecule has 150 valence electrons. The Hall–Kier alpha value is -1.15. The zero-order valence-corrected chi connectivity index (χ0v) is 17.3. The third-order valence-corrected chi connectivity index (χ3v) is 6.49. The monoisotopic (exact) mass is 413 g/mol. The molecular formula is C19H28ClN3O3S. The van der Waals surface area contributed by atoms with Crippen molar-refractivity contribution in [2.45, 2.75) is 38.3 Å². The highest BCUT2D eigenvalue weighted by Crippen LogP contribution is 2.31. The van der Waals surface area contributed by atoms with E-state index in [0.717, 1.165) is 37.2 Å². The predicted molar refractivity (Wildman–Crippen MR) is 107 cm³/mol. The average Bonchev–Trinajstić information content (AvgIpc) is 2.83. The minimum atomic E-state index is -3.35. The van der Waals surface area contributed by atoms with Gasteiger partial charge in [0.25, 0.3) is 0 Å². The highest BCUT2D eigenvalue weighted by molar-refractivity contribution is 7.88. The molecule has 2 aliphatic rings. The van der Waals surface area contributed by atoms with Crippen molar-refractivity contribution in [3.05, 3.63) is 34.9 Å². The van der Waals surface area contributed by atoms with E-state index in [9.17, 15) is 13.2 Å². The molecule has 0 unspecified atom stereocenters. The number of rotatable bonds is 5. The molecule has 0 spiro atoms. The first-order valence-electron chi connectivity index (χ1n) is 9.53. The van der Waals surface area contributed by atoms with Crippen molar-refractivity contribution in [3.63, 3.8) is 0 Å². The topological polar surface area (TPSA) is 69.7 Å². The zero-order valence-electron chi connectivity index (χ0n) is 15.7. The van der Waals surface area contributed by atoms with E-state index in [2.05, 4.69) is 21.8 Å². The molecule has 2 heterocycles. The second-order valence-electron chi connectivity index (χ2n) is 7.64. The van der Waals surface area contributed by atoms with Crippen LogP contribution in [0.25, 0.3) is 0 Å². The van der Waals surface area contributed by atoms with E-state index in [4.69, 9.17) is 11.6 Å². The van der Waals surface area contributed by atoms with Gasteiger partial charge in [-0.2, -0.15) is 0 Å². The maximum atomic E-state index is 12.4. The highest BCUT2D eigenvalue weighted by atomic mass is 35.5. The van der Waals surface area contributed by atoms with E-state index >= 15 is 0 Å². The SMILES string of the molecule is CS(=O)(=O)NCC(=O)N1CC[C@@H]2[C@@H](CCCCN2Cc2ccc(Cl)cc2)C1. The molecule has 2 fully saturated rings. The van der Waals surface area contributed by atoms with E-state index in [0.29, 0.717) is 25.0 Å². The minimum Gasteiger partial charge on any atom is -0.341 e. The first-order valence-corrected chi connectivity index (χ1v) is 11.8. The molecule has 8 heteroatoms. The van der Waals surface area contributed by atoms with Crippen LogP contribution in [0.1, 0.15) is 31.2 Å². The summed E-state index contributed by atoms with van der Waals surface area (Å²) in [5, 5.41) is 0.752. The number of likely N-dealkylation sites (tertiary alicyclic amines) is 2. The van der Waals surface area contributed by atoms with Gasteiger partial charge in [0.1, 0.15) is 0 Å². The van der Waals surface area contributed by atoms with Crippen molar-refractivity contribution in [2.24, 2.45) is 5.92 Å². The summed E-state index contributed by atoms with van der Waals surface area (Å²) in [6, 6.07) is 8.50. The number of hydrogen-bond donors (Lipinski definition) is 1. The summed E-state index contributed by atoms with van der Waals surface area (Å²) in [6.45, 7) is 3.23. The van der Waals surface area contributed by atoms with Gasteiger partial charge in [-0.1, -0.05) is 30.2 Å². The summed E-state index contributed by atoms with van der Waals surface area (Å²) >= 11 is 6.00. The quantitative estimate of drug-likeness (QED) is 0.802. The summed E-state index contributed by atoms with van der Waals surface area (Å²) in [4.78, 5) is 16.8. The third-order valence-electron chi connectivity index (χ3n) is 5.57. The minimum absolute atomic E-state index is 0.132. The Balaban J connectivity index is 1.62. The van der Waals surface area contributed by atoms with E-state index < -0.39 is 10.0 Å². The Morgan fingerprint density at radius 3 is 2.63 bits per heavy atom. The smallest absolute Gasteiger partial charge is 0.237 e. The molecule has 3 rings (SSSR count). The highest BCUT2D eigenvalue weighted by Gasteiger charge is 2.36. The van der Waals surface area contributed by atoms with Gasteiger partial charge < -0.3 is 4.90 Å². The van der Waals surface area contributed by atoms with Crippen LogP contribution >= 0.6 is 11.6 Å². The van der Waals surface area contributed by atoms with Crippen LogP contribution in [0.4, 0.5) is 0 Å². The van der Waals surface area contributed by atoms with Crippen LogP contribution in [0.15, 0.2) is 24.3 Å². The van der Waals surface area contributed by atoms with Gasteiger partial charge in [0.2, 0.25) is 15.9 Å². The maximum absolute atomic E-state index is 12.4. The third kappa shape index (κ3) is 5.91. The molecule has 2 aliphatic heterocycles. The van der Waals surface area contributed by atoms with E-state index in [-0.39, 0.29) is 12.5 Å². The first-order chi connectivity index (χ1) is 12.8. The number of sulfonamides is 1. The molecule has 2 saturated heterocycles. The largest absolute Gasteiger partial charge is 0.341 e. The summed E-state index contributed by atoms with van der Waals surface area (Å²) < 4.78 is 24.8. The fraction of sp³-hybridized carbons (Fsp3) is 0.632. The van der Waals surface area contributed by atoms with Crippen molar-refractivity contribution in [3.8, 4) is 0 Å². The Morgan fingerprint density at radius 2 is 1.93 bits per heavy atom. The number of fused-ring (bicyclic) bond motifs is 1. The second kappa shape index (κ2) is 8.90. The summed E-state index contributed by atoms with van der Waals surface area (Å²) in [6.07, 6.45) is 5.46. The van der Waals surface area contributed by atoms with Gasteiger partial charge in [0.15, 0.2) is 0 Å². The van der Waals surface area contributed by atoms with E-state index in [1.807, 2.05) is 17.0 Å². The zero-order chi connectivity index (χ0) is 19.4. The predicted octanol–water partition coefficient (Wildman–Crippen LogP) is 2.09. The normalized spacial score (nSPS) is 24.3. The first kappa shape index (κ1) is 20.6. The van der Waals surface area contributed by atoms with Gasteiger partial charge in [-0.15, -0.1) is 0 Å². The molecule has 1 amide bonds. The Kier molecular flexibility index (Phi) is 6.78. The van der Waals surface area contributed by atoms with E-state index in [1.165, 1.54) is 18.4 Å². The molecule has 0 aromatic heterocycles. The van der Waals surface area contributed by atoms with Crippen LogP contribution in [-0.4, -0.2) is 62.6 Å². The van der Waals surface area contributed by atoms with E-state index in [1.54, 1.807) is 0 Å². The lowest BCUT2D eigenvalue weighted by molar-refractivity contribution is -0.132. The summed E-state index contributed by atoms with van der Waals surface area (Å²) in [5.41, 5.74) is 1.26. The molecule has 1 N–H and O–H groups in total. The lowest BCUT2D eigenvalue weighted by atomic mass is 9.88. The number of nitrogens with zero attached hydrogens (tertiary/aromatic N) is 2. The standard InChI is InChI=1S/C19H28ClN3O3S/c1-27(25,26)21-12-19(24)23-11-9-18-16(14-23)4-2-3-10-22(18)13-15-5-7-17(20)8-6-15/h5-8,16,18,21H,2-4,9-14H2,1H3/t16-,18+/m0/s1.